The summed E-state index contributed by atoms with van der Waals surface area (Å²) >= 11 is 0. The second-order valence-electron chi connectivity index (χ2n) is 3.93. The van der Waals surface area contributed by atoms with Gasteiger partial charge in [0.25, 0.3) is 0 Å². The van der Waals surface area contributed by atoms with Gasteiger partial charge in [0, 0.05) is 0 Å². The fourth-order valence-corrected chi connectivity index (χ4v) is 1.00. The molecule has 0 amide bonds. The van der Waals surface area contributed by atoms with E-state index < -0.39 is 0 Å². The van der Waals surface area contributed by atoms with Crippen LogP contribution in [-0.2, 0) is 4.94 Å². The Morgan fingerprint density at radius 2 is 2.15 bits per heavy atom. The second kappa shape index (κ2) is 2.56. The van der Waals surface area contributed by atoms with E-state index in [1.165, 1.54) is 5.17 Å². The lowest BCUT2D eigenvalue weighted by Crippen LogP contribution is -2.36. The van der Waals surface area contributed by atoms with E-state index in [9.17, 15) is 0 Å². The Kier molecular flexibility index (Phi) is 1.63. The van der Waals surface area contributed by atoms with Crippen molar-refractivity contribution in [3.05, 3.63) is 24.2 Å². The molecular formula is C8H12N4O. The van der Waals surface area contributed by atoms with Crippen molar-refractivity contribution in [3.63, 3.8) is 0 Å². The minimum absolute atomic E-state index is 0.0757. The van der Waals surface area contributed by atoms with Crippen LogP contribution in [0, 0.1) is 0 Å². The van der Waals surface area contributed by atoms with Crippen LogP contribution in [-0.4, -0.2) is 15.8 Å². The van der Waals surface area contributed by atoms with Crippen molar-refractivity contribution in [2.45, 2.75) is 26.3 Å². The highest BCUT2D eigenvalue weighted by Crippen LogP contribution is 2.27. The molecule has 5 heteroatoms. The minimum atomic E-state index is -0.0757. The summed E-state index contributed by atoms with van der Waals surface area (Å²) in [5.74, 6) is 0. The number of hydroxylamine groups is 3. The predicted molar refractivity (Wildman–Crippen MR) is 46.6 cm³/mol. The molecule has 13 heavy (non-hydrogen) atoms. The monoisotopic (exact) mass is 180 g/mol. The zero-order valence-corrected chi connectivity index (χ0v) is 7.93. The minimum Gasteiger partial charge on any atom is -0.227 e. The molecule has 0 saturated heterocycles. The zero-order valence-electron chi connectivity index (χ0n) is 7.93. The molecule has 0 fully saturated rings. The summed E-state index contributed by atoms with van der Waals surface area (Å²) in [6.07, 6.45) is 5.38. The fourth-order valence-electron chi connectivity index (χ4n) is 1.00. The summed E-state index contributed by atoms with van der Waals surface area (Å²) in [4.78, 5) is 5.39. The van der Waals surface area contributed by atoms with Gasteiger partial charge < -0.3 is 0 Å². The maximum absolute atomic E-state index is 5.39. The van der Waals surface area contributed by atoms with Gasteiger partial charge in [-0.1, -0.05) is 5.17 Å². The van der Waals surface area contributed by atoms with E-state index in [4.69, 9.17) is 4.94 Å². The summed E-state index contributed by atoms with van der Waals surface area (Å²) < 4.78 is 0. The van der Waals surface area contributed by atoms with Crippen molar-refractivity contribution < 1.29 is 4.94 Å². The van der Waals surface area contributed by atoms with Crippen molar-refractivity contribution >= 4 is 0 Å². The maximum atomic E-state index is 5.39. The molecule has 0 bridgehead atoms. The molecule has 70 valence electrons. The highest BCUT2D eigenvalue weighted by molar-refractivity contribution is 5.18. The Morgan fingerprint density at radius 1 is 1.38 bits per heavy atom. The van der Waals surface area contributed by atoms with Gasteiger partial charge in [0.1, 0.15) is 5.70 Å². The summed E-state index contributed by atoms with van der Waals surface area (Å²) in [5.41, 5.74) is 0.818. The molecule has 2 heterocycles. The summed E-state index contributed by atoms with van der Waals surface area (Å²) in [7, 11) is 0. The Balaban J connectivity index is 2.21. The standard InChI is InChI=1S/C8H12N4O/c1-8(2,3)11-6-7-4-5-9-10-12(7)13-11/h4-6H,1-3H3. The van der Waals surface area contributed by atoms with Crippen LogP contribution in [0.2, 0.25) is 0 Å². The van der Waals surface area contributed by atoms with Gasteiger partial charge in [0.05, 0.1) is 17.9 Å². The van der Waals surface area contributed by atoms with Crippen LogP contribution >= 0.6 is 0 Å². The van der Waals surface area contributed by atoms with Gasteiger partial charge in [-0.05, 0) is 32.1 Å². The van der Waals surface area contributed by atoms with E-state index in [-0.39, 0.29) is 5.54 Å². The smallest absolute Gasteiger partial charge is 0.114 e. The molecule has 0 aliphatic carbocycles. The number of rotatable bonds is 0. The van der Waals surface area contributed by atoms with E-state index in [1.54, 1.807) is 11.3 Å². The number of hydrogen-bond acceptors (Lipinski definition) is 5. The van der Waals surface area contributed by atoms with Crippen molar-refractivity contribution in [2.75, 3.05) is 0 Å². The number of nitrogens with zero attached hydrogens (tertiary/aromatic N) is 4. The van der Waals surface area contributed by atoms with Crippen LogP contribution < -0.4 is 0 Å². The lowest BCUT2D eigenvalue weighted by Gasteiger charge is -2.29. The molecule has 2 aliphatic heterocycles. The average molecular weight is 180 g/mol. The first-order chi connectivity index (χ1) is 6.07. The Labute approximate surface area is 76.9 Å². The van der Waals surface area contributed by atoms with Gasteiger partial charge in [0.2, 0.25) is 0 Å². The average Bonchev–Trinajstić information content (AvgIpc) is 2.45. The number of hydrogen-bond donors (Lipinski definition) is 0. The zero-order chi connectivity index (χ0) is 9.47. The first-order valence-electron chi connectivity index (χ1n) is 4.14. The van der Waals surface area contributed by atoms with Crippen LogP contribution in [0.3, 0.4) is 0 Å². The molecule has 0 spiro atoms. The van der Waals surface area contributed by atoms with Gasteiger partial charge >= 0.3 is 0 Å². The van der Waals surface area contributed by atoms with Crippen LogP contribution in [0.5, 0.6) is 0 Å². The molecule has 0 saturated carbocycles. The molecule has 2 aliphatic rings. The van der Waals surface area contributed by atoms with Gasteiger partial charge in [-0.2, -0.15) is 0 Å². The topological polar surface area (TPSA) is 40.4 Å². The third kappa shape index (κ3) is 1.42. The second-order valence-corrected chi connectivity index (χ2v) is 3.93. The van der Waals surface area contributed by atoms with Crippen molar-refractivity contribution in [1.29, 1.82) is 0 Å². The lowest BCUT2D eigenvalue weighted by atomic mass is 10.1. The van der Waals surface area contributed by atoms with Crippen LogP contribution in [0.15, 0.2) is 34.5 Å². The SMILES string of the molecule is CC(C)(C)N1C=C2C=CN=NN2O1. The van der Waals surface area contributed by atoms with Crippen molar-refractivity contribution in [2.24, 2.45) is 10.3 Å². The third-order valence-electron chi connectivity index (χ3n) is 1.74. The van der Waals surface area contributed by atoms with E-state index in [1.807, 2.05) is 12.3 Å². The fraction of sp³-hybridized carbons (Fsp3) is 0.500. The normalized spacial score (nSPS) is 20.7. The highest BCUT2D eigenvalue weighted by atomic mass is 16.9. The summed E-state index contributed by atoms with van der Waals surface area (Å²) in [6.45, 7) is 6.18. The van der Waals surface area contributed by atoms with Gasteiger partial charge in [-0.25, -0.2) is 5.06 Å². The summed E-state index contributed by atoms with van der Waals surface area (Å²) in [5, 5.41) is 10.6. The van der Waals surface area contributed by atoms with E-state index in [2.05, 4.69) is 31.1 Å². The van der Waals surface area contributed by atoms with Crippen LogP contribution in [0.25, 0.3) is 0 Å². The molecular weight excluding hydrogens is 168 g/mol. The molecule has 0 aromatic heterocycles. The molecule has 5 nitrogen and oxygen atoms in total. The first kappa shape index (κ1) is 8.25. The highest BCUT2D eigenvalue weighted by Gasteiger charge is 2.30. The molecule has 0 N–H and O–H groups in total. The molecule has 0 aromatic carbocycles. The van der Waals surface area contributed by atoms with Gasteiger partial charge in [-0.3, -0.25) is 0 Å². The quantitative estimate of drug-likeness (QED) is 0.572. The van der Waals surface area contributed by atoms with E-state index in [0.717, 1.165) is 5.70 Å². The lowest BCUT2D eigenvalue weighted by molar-refractivity contribution is -0.295. The number of fused-ring (bicyclic) bond motifs is 1. The van der Waals surface area contributed by atoms with Crippen LogP contribution in [0.4, 0.5) is 0 Å². The van der Waals surface area contributed by atoms with Crippen molar-refractivity contribution in [1.82, 2.24) is 10.2 Å². The Hall–Kier alpha value is -1.36. The van der Waals surface area contributed by atoms with Gasteiger partial charge in [0.15, 0.2) is 0 Å². The largest absolute Gasteiger partial charge is 0.227 e. The summed E-state index contributed by atoms with van der Waals surface area (Å²) in [6, 6.07) is 0. The van der Waals surface area contributed by atoms with E-state index in [0.29, 0.717) is 0 Å². The Bertz CT molecular complexity index is 300. The molecule has 2 rings (SSSR count). The van der Waals surface area contributed by atoms with Crippen molar-refractivity contribution in [3.8, 4) is 0 Å². The molecule has 0 radical (unpaired) electrons. The van der Waals surface area contributed by atoms with Crippen LogP contribution in [0.1, 0.15) is 20.8 Å². The first-order valence-corrected chi connectivity index (χ1v) is 4.14. The maximum Gasteiger partial charge on any atom is 0.114 e. The number of allylic oxidation sites excluding steroid dienone is 1. The third-order valence-corrected chi connectivity index (χ3v) is 1.74. The molecule has 0 atom stereocenters. The molecule has 0 unspecified atom stereocenters. The Morgan fingerprint density at radius 3 is 2.77 bits per heavy atom. The van der Waals surface area contributed by atoms with Gasteiger partial charge in [-0.15, -0.1) is 10.1 Å². The van der Waals surface area contributed by atoms with E-state index >= 15 is 0 Å². The molecule has 0 aromatic rings. The predicted octanol–water partition coefficient (Wildman–Crippen LogP) is 1.98.